The van der Waals surface area contributed by atoms with E-state index in [1.807, 2.05) is 0 Å². The summed E-state index contributed by atoms with van der Waals surface area (Å²) >= 11 is 0. The standard InChI is InChI=1S/C25H29N7O6S/c1-15-13-27-18(14-26-15)23(38-6)16(2)39(33,34)31-25-30-29-24(17-9-7-12-21(28-17)37-5)32(25)22-19(35-3)10-8-11-20(22)36-4/h7-14,16,23H,1-6H3,(H,30,31)/t16-,23+/m0/s1. The van der Waals surface area contributed by atoms with Crippen molar-refractivity contribution in [3.05, 3.63) is 60.2 Å². The van der Waals surface area contributed by atoms with Crippen molar-refractivity contribution in [1.82, 2.24) is 29.7 Å². The number of benzene rings is 1. The van der Waals surface area contributed by atoms with E-state index in [1.165, 1.54) is 46.1 Å². The lowest BCUT2D eigenvalue weighted by atomic mass is 10.2. The lowest BCUT2D eigenvalue weighted by molar-refractivity contribution is 0.0985. The first-order chi connectivity index (χ1) is 18.7. The zero-order valence-electron chi connectivity index (χ0n) is 22.3. The van der Waals surface area contributed by atoms with Gasteiger partial charge in [0.25, 0.3) is 0 Å². The molecule has 3 aromatic heterocycles. The number of ether oxygens (including phenoxy) is 4. The average molecular weight is 556 g/mol. The van der Waals surface area contributed by atoms with Gasteiger partial charge >= 0.3 is 0 Å². The van der Waals surface area contributed by atoms with Gasteiger partial charge in [-0.15, -0.1) is 10.2 Å². The van der Waals surface area contributed by atoms with Crippen LogP contribution in [-0.2, 0) is 14.8 Å². The Morgan fingerprint density at radius 1 is 0.897 bits per heavy atom. The summed E-state index contributed by atoms with van der Waals surface area (Å²) in [5.74, 6) is 1.21. The maximum absolute atomic E-state index is 13.7. The van der Waals surface area contributed by atoms with E-state index in [0.717, 1.165) is 0 Å². The molecule has 2 atom stereocenters. The van der Waals surface area contributed by atoms with Gasteiger partial charge in [0.1, 0.15) is 34.2 Å². The summed E-state index contributed by atoms with van der Waals surface area (Å²) in [6.07, 6.45) is 2.13. The molecule has 206 valence electrons. The molecule has 0 saturated heterocycles. The van der Waals surface area contributed by atoms with Crippen LogP contribution >= 0.6 is 0 Å². The molecule has 0 saturated carbocycles. The van der Waals surface area contributed by atoms with Gasteiger partial charge in [0.2, 0.25) is 21.9 Å². The largest absolute Gasteiger partial charge is 0.494 e. The fraction of sp³-hybridized carbons (Fsp3) is 0.320. The molecule has 14 heteroatoms. The molecule has 0 aliphatic heterocycles. The number of aryl methyl sites for hydroxylation is 1. The number of pyridine rings is 1. The number of hydrogen-bond donors (Lipinski definition) is 1. The molecule has 0 unspecified atom stereocenters. The van der Waals surface area contributed by atoms with Crippen molar-refractivity contribution in [2.24, 2.45) is 0 Å². The Labute approximate surface area is 226 Å². The van der Waals surface area contributed by atoms with E-state index >= 15 is 0 Å². The SMILES string of the molecule is COc1cccc(-c2nnc(NS(=O)(=O)[C@@H](C)[C@@H](OC)c3cnc(C)cn3)n2-c2c(OC)cccc2OC)n1. The number of nitrogens with one attached hydrogen (secondary N) is 1. The van der Waals surface area contributed by atoms with Crippen molar-refractivity contribution < 1.29 is 27.4 Å². The van der Waals surface area contributed by atoms with Gasteiger partial charge in [0.15, 0.2) is 5.82 Å². The lowest BCUT2D eigenvalue weighted by Crippen LogP contribution is -2.33. The van der Waals surface area contributed by atoms with Gasteiger partial charge < -0.3 is 18.9 Å². The van der Waals surface area contributed by atoms with E-state index in [2.05, 4.69) is 29.9 Å². The van der Waals surface area contributed by atoms with Crippen LogP contribution in [0.15, 0.2) is 48.8 Å². The third-order valence-corrected chi connectivity index (χ3v) is 7.64. The maximum Gasteiger partial charge on any atom is 0.243 e. The predicted molar refractivity (Wildman–Crippen MR) is 143 cm³/mol. The minimum Gasteiger partial charge on any atom is -0.494 e. The molecule has 0 radical (unpaired) electrons. The second-order valence-corrected chi connectivity index (χ2v) is 10.4. The normalized spacial score (nSPS) is 13.0. The number of hydrogen-bond acceptors (Lipinski definition) is 11. The molecule has 4 rings (SSSR count). The van der Waals surface area contributed by atoms with Crippen LogP contribution in [0.25, 0.3) is 17.2 Å². The molecule has 4 aromatic rings. The highest BCUT2D eigenvalue weighted by Gasteiger charge is 2.34. The Balaban J connectivity index is 1.85. The third-order valence-electron chi connectivity index (χ3n) is 5.95. The molecule has 0 aliphatic rings. The monoisotopic (exact) mass is 555 g/mol. The topological polar surface area (TPSA) is 152 Å². The molecule has 0 bridgehead atoms. The number of sulfonamides is 1. The molecule has 1 aromatic carbocycles. The van der Waals surface area contributed by atoms with E-state index < -0.39 is 21.4 Å². The van der Waals surface area contributed by atoms with Gasteiger partial charge in [-0.05, 0) is 32.0 Å². The summed E-state index contributed by atoms with van der Waals surface area (Å²) in [6.45, 7) is 3.29. The van der Waals surface area contributed by atoms with Crippen molar-refractivity contribution in [2.75, 3.05) is 33.2 Å². The molecule has 1 N–H and O–H groups in total. The fourth-order valence-electron chi connectivity index (χ4n) is 3.92. The van der Waals surface area contributed by atoms with Gasteiger partial charge in [-0.25, -0.2) is 13.4 Å². The predicted octanol–water partition coefficient (Wildman–Crippen LogP) is 2.97. The molecule has 0 amide bonds. The molecule has 13 nitrogen and oxygen atoms in total. The smallest absolute Gasteiger partial charge is 0.243 e. The molecule has 0 spiro atoms. The van der Waals surface area contributed by atoms with Crippen LogP contribution in [0.1, 0.15) is 24.4 Å². The van der Waals surface area contributed by atoms with Crippen LogP contribution in [-0.4, -0.2) is 71.8 Å². The Morgan fingerprint density at radius 2 is 1.59 bits per heavy atom. The Hall–Kier alpha value is -4.30. The maximum atomic E-state index is 13.7. The first-order valence-electron chi connectivity index (χ1n) is 11.7. The summed E-state index contributed by atoms with van der Waals surface area (Å²) in [5.41, 5.74) is 1.80. The van der Waals surface area contributed by atoms with Crippen molar-refractivity contribution >= 4 is 16.0 Å². The number of methoxy groups -OCH3 is 4. The van der Waals surface area contributed by atoms with E-state index in [4.69, 9.17) is 18.9 Å². The quantitative estimate of drug-likeness (QED) is 0.291. The van der Waals surface area contributed by atoms with Gasteiger partial charge in [0, 0.05) is 19.4 Å². The molecular weight excluding hydrogens is 526 g/mol. The highest BCUT2D eigenvalue weighted by atomic mass is 32.2. The molecule has 39 heavy (non-hydrogen) atoms. The number of para-hydroxylation sites is 1. The van der Waals surface area contributed by atoms with Crippen LogP contribution in [0.3, 0.4) is 0 Å². The highest BCUT2D eigenvalue weighted by Crippen LogP contribution is 2.38. The van der Waals surface area contributed by atoms with E-state index in [-0.39, 0.29) is 11.8 Å². The fourth-order valence-corrected chi connectivity index (χ4v) is 5.07. The molecule has 0 aliphatic carbocycles. The first-order valence-corrected chi connectivity index (χ1v) is 13.3. The Bertz CT molecular complexity index is 1520. The summed E-state index contributed by atoms with van der Waals surface area (Å²) in [5, 5.41) is 7.35. The van der Waals surface area contributed by atoms with Crippen LogP contribution in [0, 0.1) is 6.92 Å². The van der Waals surface area contributed by atoms with E-state index in [9.17, 15) is 8.42 Å². The second kappa shape index (κ2) is 11.6. The summed E-state index contributed by atoms with van der Waals surface area (Å²) in [4.78, 5) is 13.0. The summed E-state index contributed by atoms with van der Waals surface area (Å²) in [7, 11) is 1.75. The van der Waals surface area contributed by atoms with E-state index in [0.29, 0.717) is 40.1 Å². The van der Waals surface area contributed by atoms with Crippen LogP contribution in [0.5, 0.6) is 17.4 Å². The van der Waals surface area contributed by atoms with Crippen molar-refractivity contribution in [1.29, 1.82) is 0 Å². The Morgan fingerprint density at radius 3 is 2.18 bits per heavy atom. The van der Waals surface area contributed by atoms with Crippen LogP contribution in [0.4, 0.5) is 5.95 Å². The van der Waals surface area contributed by atoms with Crippen molar-refractivity contribution in [3.63, 3.8) is 0 Å². The van der Waals surface area contributed by atoms with Crippen molar-refractivity contribution in [3.8, 4) is 34.6 Å². The van der Waals surface area contributed by atoms with Gasteiger partial charge in [-0.3, -0.25) is 19.3 Å². The zero-order valence-corrected chi connectivity index (χ0v) is 23.1. The molecule has 0 fully saturated rings. The average Bonchev–Trinajstić information content (AvgIpc) is 3.35. The van der Waals surface area contributed by atoms with Gasteiger partial charge in [-0.2, -0.15) is 0 Å². The van der Waals surface area contributed by atoms with Gasteiger partial charge in [-0.1, -0.05) is 12.1 Å². The molecule has 3 heterocycles. The minimum absolute atomic E-state index is 0.117. The second-order valence-electron chi connectivity index (χ2n) is 8.35. The minimum atomic E-state index is -4.13. The van der Waals surface area contributed by atoms with Crippen LogP contribution in [0.2, 0.25) is 0 Å². The number of anilines is 1. The first kappa shape index (κ1) is 27.7. The third kappa shape index (κ3) is 5.61. The Kier molecular flexibility index (Phi) is 8.26. The summed E-state index contributed by atoms with van der Waals surface area (Å²) < 4.78 is 53.3. The summed E-state index contributed by atoms with van der Waals surface area (Å²) in [6, 6.07) is 10.3. The van der Waals surface area contributed by atoms with E-state index in [1.54, 1.807) is 49.5 Å². The zero-order chi connectivity index (χ0) is 28.2. The highest BCUT2D eigenvalue weighted by molar-refractivity contribution is 7.93. The van der Waals surface area contributed by atoms with Gasteiger partial charge in [0.05, 0.1) is 38.9 Å². The lowest BCUT2D eigenvalue weighted by Gasteiger charge is -2.23. The van der Waals surface area contributed by atoms with Crippen molar-refractivity contribution in [2.45, 2.75) is 25.2 Å². The number of nitrogens with zero attached hydrogens (tertiary/aromatic N) is 6. The number of aromatic nitrogens is 6. The van der Waals surface area contributed by atoms with Crippen LogP contribution < -0.4 is 18.9 Å². The molecular formula is C25H29N7O6S. The number of rotatable bonds is 11.